The van der Waals surface area contributed by atoms with Gasteiger partial charge in [0.25, 0.3) is 0 Å². The minimum absolute atomic E-state index is 0.0660. The van der Waals surface area contributed by atoms with E-state index in [4.69, 9.17) is 15.9 Å². The second kappa shape index (κ2) is 11.8. The number of hydrogen-bond acceptors (Lipinski definition) is 5. The molecule has 0 heterocycles. The molecule has 0 rings (SSSR count). The number of likely N-dealkylation sites (N-methyl/N-ethyl adjacent to an activating group) is 2. The van der Waals surface area contributed by atoms with Crippen LogP contribution in [0.25, 0.3) is 0 Å². The van der Waals surface area contributed by atoms with Crippen LogP contribution in [0.4, 0.5) is 0 Å². The van der Waals surface area contributed by atoms with Crippen molar-refractivity contribution in [3.8, 4) is 0 Å². The van der Waals surface area contributed by atoms with Gasteiger partial charge in [-0.3, -0.25) is 14.4 Å². The van der Waals surface area contributed by atoms with E-state index in [1.807, 2.05) is 6.92 Å². The molecule has 0 aromatic rings. The fraction of sp³-hybridized carbons (Fsp3) is 0.700. The van der Waals surface area contributed by atoms with Crippen LogP contribution in [-0.4, -0.2) is 53.7 Å². The Morgan fingerprint density at radius 3 is 1.94 bits per heavy atom. The van der Waals surface area contributed by atoms with Crippen LogP contribution < -0.4 is 16.4 Å². The average Bonchev–Trinajstić information content (AvgIpc) is 2.26. The number of carbonyl (C=O) groups is 3. The van der Waals surface area contributed by atoms with Gasteiger partial charge in [0, 0.05) is 0 Å². The molecule has 1 amide bonds. The molecule has 0 fully saturated rings. The van der Waals surface area contributed by atoms with Crippen molar-refractivity contribution in [1.82, 2.24) is 10.6 Å². The minimum atomic E-state index is -1.05. The summed E-state index contributed by atoms with van der Waals surface area (Å²) in [7, 11) is 0. The Morgan fingerprint density at radius 2 is 1.72 bits per heavy atom. The van der Waals surface area contributed by atoms with Crippen LogP contribution in [0.3, 0.4) is 0 Å². The van der Waals surface area contributed by atoms with Crippen LogP contribution in [0, 0.1) is 0 Å². The molecule has 0 bridgehead atoms. The van der Waals surface area contributed by atoms with E-state index in [2.05, 4.69) is 10.6 Å². The Hall–Kier alpha value is -1.67. The normalized spacial score (nSPS) is 11.0. The zero-order valence-electron chi connectivity index (χ0n) is 10.6. The SMILES string of the molecule is CCNC(CC(N)=O)C(=O)O.CCNCC(=O)O. The molecule has 6 N–H and O–H groups in total. The van der Waals surface area contributed by atoms with Gasteiger partial charge in [-0.05, 0) is 13.1 Å². The minimum Gasteiger partial charge on any atom is -0.480 e. The third-order valence-corrected chi connectivity index (χ3v) is 1.68. The smallest absolute Gasteiger partial charge is 0.321 e. The number of amides is 1. The number of nitrogens with two attached hydrogens (primary N) is 1. The van der Waals surface area contributed by atoms with E-state index in [0.29, 0.717) is 13.1 Å². The summed E-state index contributed by atoms with van der Waals surface area (Å²) in [5.74, 6) is -2.47. The first-order valence-electron chi connectivity index (χ1n) is 5.52. The van der Waals surface area contributed by atoms with Gasteiger partial charge >= 0.3 is 11.9 Å². The first-order chi connectivity index (χ1) is 8.34. The van der Waals surface area contributed by atoms with Gasteiger partial charge in [0.1, 0.15) is 6.04 Å². The molecule has 0 aliphatic carbocycles. The van der Waals surface area contributed by atoms with Crippen LogP contribution in [0.2, 0.25) is 0 Å². The number of rotatable bonds is 8. The molecule has 0 radical (unpaired) electrons. The highest BCUT2D eigenvalue weighted by Gasteiger charge is 2.17. The van der Waals surface area contributed by atoms with E-state index in [1.165, 1.54) is 0 Å². The number of nitrogens with one attached hydrogen (secondary N) is 2. The highest BCUT2D eigenvalue weighted by Crippen LogP contribution is 1.90. The fourth-order valence-electron chi connectivity index (χ4n) is 0.926. The Bertz CT molecular complexity index is 270. The van der Waals surface area contributed by atoms with Crippen molar-refractivity contribution >= 4 is 17.8 Å². The van der Waals surface area contributed by atoms with E-state index in [0.717, 1.165) is 0 Å². The molecule has 0 aliphatic heterocycles. The molecule has 0 saturated heterocycles. The van der Waals surface area contributed by atoms with Crippen LogP contribution in [0.15, 0.2) is 0 Å². The molecule has 106 valence electrons. The number of carbonyl (C=O) groups excluding carboxylic acids is 1. The van der Waals surface area contributed by atoms with Gasteiger partial charge in [0.15, 0.2) is 0 Å². The van der Waals surface area contributed by atoms with Crippen molar-refractivity contribution in [2.45, 2.75) is 26.3 Å². The maximum atomic E-state index is 10.4. The van der Waals surface area contributed by atoms with Crippen molar-refractivity contribution in [2.24, 2.45) is 5.73 Å². The van der Waals surface area contributed by atoms with E-state index in [-0.39, 0.29) is 13.0 Å². The monoisotopic (exact) mass is 263 g/mol. The molecule has 0 aromatic heterocycles. The van der Waals surface area contributed by atoms with E-state index in [1.54, 1.807) is 6.92 Å². The second-order valence-electron chi connectivity index (χ2n) is 3.29. The summed E-state index contributed by atoms with van der Waals surface area (Å²) < 4.78 is 0. The van der Waals surface area contributed by atoms with Crippen molar-refractivity contribution in [3.63, 3.8) is 0 Å². The fourth-order valence-corrected chi connectivity index (χ4v) is 0.926. The summed E-state index contributed by atoms with van der Waals surface area (Å²) in [6.07, 6.45) is -0.164. The van der Waals surface area contributed by atoms with E-state index < -0.39 is 23.9 Å². The summed E-state index contributed by atoms with van der Waals surface area (Å²) in [6, 6.07) is -0.850. The average molecular weight is 263 g/mol. The van der Waals surface area contributed by atoms with Crippen LogP contribution >= 0.6 is 0 Å². The van der Waals surface area contributed by atoms with Crippen LogP contribution in [0.1, 0.15) is 20.3 Å². The van der Waals surface area contributed by atoms with Gasteiger partial charge in [0.05, 0.1) is 13.0 Å². The second-order valence-corrected chi connectivity index (χ2v) is 3.29. The lowest BCUT2D eigenvalue weighted by Crippen LogP contribution is -2.39. The zero-order valence-corrected chi connectivity index (χ0v) is 10.6. The summed E-state index contributed by atoms with van der Waals surface area (Å²) in [5.41, 5.74) is 4.82. The van der Waals surface area contributed by atoms with Crippen molar-refractivity contribution in [3.05, 3.63) is 0 Å². The molecule has 18 heavy (non-hydrogen) atoms. The summed E-state index contributed by atoms with van der Waals surface area (Å²) in [6.45, 7) is 4.91. The van der Waals surface area contributed by atoms with Gasteiger partial charge in [-0.2, -0.15) is 0 Å². The summed E-state index contributed by atoms with van der Waals surface area (Å²) in [4.78, 5) is 30.4. The van der Waals surface area contributed by atoms with Crippen LogP contribution in [0.5, 0.6) is 0 Å². The molecule has 0 aromatic carbocycles. The molecule has 0 saturated carbocycles. The predicted octanol–water partition coefficient (Wildman–Crippen LogP) is -1.39. The molecule has 1 unspecified atom stereocenters. The first kappa shape index (κ1) is 18.7. The standard InChI is InChI=1S/C6H12N2O3.C4H9NO2/c1-2-8-4(6(10)11)3-5(7)9;1-2-5-3-4(6)7/h4,8H,2-3H2,1H3,(H2,7,9)(H,10,11);5H,2-3H2,1H3,(H,6,7). The van der Waals surface area contributed by atoms with Crippen LogP contribution in [-0.2, 0) is 14.4 Å². The zero-order chi connectivity index (χ0) is 14.6. The first-order valence-corrected chi connectivity index (χ1v) is 5.52. The number of carboxylic acid groups (broad SMARTS) is 2. The highest BCUT2D eigenvalue weighted by molar-refractivity contribution is 5.83. The lowest BCUT2D eigenvalue weighted by Gasteiger charge is -2.09. The van der Waals surface area contributed by atoms with Gasteiger partial charge in [-0.1, -0.05) is 13.8 Å². The van der Waals surface area contributed by atoms with Crippen molar-refractivity contribution in [2.75, 3.05) is 19.6 Å². The molecule has 0 spiro atoms. The maximum absolute atomic E-state index is 10.4. The summed E-state index contributed by atoms with van der Waals surface area (Å²) in [5, 5.41) is 21.7. The Balaban J connectivity index is 0. The third kappa shape index (κ3) is 14.3. The highest BCUT2D eigenvalue weighted by atomic mass is 16.4. The quantitative estimate of drug-likeness (QED) is 0.362. The number of hydrogen-bond donors (Lipinski definition) is 5. The number of carboxylic acids is 2. The third-order valence-electron chi connectivity index (χ3n) is 1.68. The lowest BCUT2D eigenvalue weighted by molar-refractivity contribution is -0.141. The molecule has 0 aliphatic rings. The molecule has 8 heteroatoms. The topological polar surface area (TPSA) is 142 Å². The largest absolute Gasteiger partial charge is 0.480 e. The number of aliphatic carboxylic acids is 2. The van der Waals surface area contributed by atoms with E-state index in [9.17, 15) is 14.4 Å². The Kier molecular flexibility index (Phi) is 12.3. The predicted molar refractivity (Wildman–Crippen MR) is 65.1 cm³/mol. The lowest BCUT2D eigenvalue weighted by atomic mass is 10.2. The molecule has 8 nitrogen and oxygen atoms in total. The van der Waals surface area contributed by atoms with Gasteiger partial charge < -0.3 is 26.6 Å². The van der Waals surface area contributed by atoms with Crippen molar-refractivity contribution < 1.29 is 24.6 Å². The van der Waals surface area contributed by atoms with Gasteiger partial charge in [-0.25, -0.2) is 0 Å². The molecule has 1 atom stereocenters. The molecular formula is C10H21N3O5. The van der Waals surface area contributed by atoms with Gasteiger partial charge in [0.2, 0.25) is 5.91 Å². The van der Waals surface area contributed by atoms with E-state index >= 15 is 0 Å². The summed E-state index contributed by atoms with van der Waals surface area (Å²) >= 11 is 0. The van der Waals surface area contributed by atoms with Gasteiger partial charge in [-0.15, -0.1) is 0 Å². The molecular weight excluding hydrogens is 242 g/mol. The Morgan fingerprint density at radius 1 is 1.17 bits per heavy atom. The Labute approximate surface area is 106 Å². The van der Waals surface area contributed by atoms with Crippen molar-refractivity contribution in [1.29, 1.82) is 0 Å². The number of primary amides is 1. The maximum Gasteiger partial charge on any atom is 0.321 e.